The minimum Gasteiger partial charge on any atom is -0.499 e. The van der Waals surface area contributed by atoms with Gasteiger partial charge >= 0.3 is 0 Å². The molecule has 4 rings (SSSR count). The van der Waals surface area contributed by atoms with E-state index in [9.17, 15) is 4.79 Å². The van der Waals surface area contributed by atoms with Crippen molar-refractivity contribution in [2.24, 2.45) is 5.73 Å². The molecular weight excluding hydrogens is 522 g/mol. The van der Waals surface area contributed by atoms with Crippen molar-refractivity contribution < 1.29 is 19.0 Å². The largest absolute Gasteiger partial charge is 0.499 e. The Morgan fingerprint density at radius 1 is 1.02 bits per heavy atom. The minimum atomic E-state index is -0.0853. The average Bonchev–Trinajstić information content (AvgIpc) is 3.52. The molecule has 3 heterocycles. The molecule has 0 aliphatic carbocycles. The van der Waals surface area contributed by atoms with E-state index < -0.39 is 0 Å². The number of amides is 1. The van der Waals surface area contributed by atoms with Crippen molar-refractivity contribution in [2.45, 2.75) is 45.2 Å². The Kier molecular flexibility index (Phi) is 12.0. The molecule has 2 saturated heterocycles. The van der Waals surface area contributed by atoms with Crippen LogP contribution in [-0.2, 0) is 25.5 Å². The van der Waals surface area contributed by atoms with Gasteiger partial charge in [0.1, 0.15) is 12.4 Å². The number of nitrogens with two attached hydrogens (primary N) is 2. The van der Waals surface area contributed by atoms with E-state index in [1.165, 1.54) is 30.9 Å². The summed E-state index contributed by atoms with van der Waals surface area (Å²) >= 11 is 0. The number of anilines is 3. The van der Waals surface area contributed by atoms with E-state index in [2.05, 4.69) is 44.0 Å². The second-order valence-corrected chi connectivity index (χ2v) is 10.5. The first-order valence-electron chi connectivity index (χ1n) is 14.7. The molecule has 4 N–H and O–H groups in total. The van der Waals surface area contributed by atoms with Crippen LogP contribution in [0, 0.1) is 6.92 Å². The number of aromatic nitrogens is 2. The molecule has 1 amide bonds. The number of carbonyl (C=O) groups excluding carboxylic acids is 1. The maximum absolute atomic E-state index is 13.6. The van der Waals surface area contributed by atoms with Crippen molar-refractivity contribution >= 4 is 23.4 Å². The van der Waals surface area contributed by atoms with Crippen LogP contribution in [0.1, 0.15) is 36.9 Å². The molecule has 1 atom stereocenters. The van der Waals surface area contributed by atoms with Crippen molar-refractivity contribution in [2.75, 3.05) is 81.3 Å². The third kappa shape index (κ3) is 9.58. The maximum atomic E-state index is 13.6. The summed E-state index contributed by atoms with van der Waals surface area (Å²) in [6, 6.07) is 10.5. The molecule has 2 fully saturated rings. The lowest BCUT2D eigenvalue weighted by Crippen LogP contribution is -2.50. The number of nitrogen functional groups attached to an aromatic ring is 1. The van der Waals surface area contributed by atoms with Crippen LogP contribution >= 0.6 is 0 Å². The van der Waals surface area contributed by atoms with Crippen molar-refractivity contribution in [1.29, 1.82) is 0 Å². The SMILES string of the molecule is Cc1cc(N2CCCC(N(Cc3cccc(N4CCCC4)c3)C(=O)C=COCCOCCOCCN)C2)nc(N)n1. The molecule has 2 aromatic rings. The predicted molar refractivity (Wildman–Crippen MR) is 161 cm³/mol. The molecular formula is C30H45N7O4. The lowest BCUT2D eigenvalue weighted by atomic mass is 10.0. The predicted octanol–water partition coefficient (Wildman–Crippen LogP) is 2.49. The molecule has 0 bridgehead atoms. The number of piperidine rings is 1. The van der Waals surface area contributed by atoms with Crippen molar-refractivity contribution in [3.8, 4) is 0 Å². The molecule has 1 aromatic carbocycles. The molecule has 1 unspecified atom stereocenters. The first kappa shape index (κ1) is 30.5. The van der Waals surface area contributed by atoms with Crippen molar-refractivity contribution in [3.05, 3.63) is 53.9 Å². The zero-order valence-corrected chi connectivity index (χ0v) is 24.2. The quantitative estimate of drug-likeness (QED) is 0.188. The molecule has 0 saturated carbocycles. The number of benzene rings is 1. The van der Waals surface area contributed by atoms with Crippen molar-refractivity contribution in [1.82, 2.24) is 14.9 Å². The lowest BCUT2D eigenvalue weighted by molar-refractivity contribution is -0.129. The van der Waals surface area contributed by atoms with Crippen molar-refractivity contribution in [3.63, 3.8) is 0 Å². The number of carbonyl (C=O) groups is 1. The highest BCUT2D eigenvalue weighted by Crippen LogP contribution is 2.26. The minimum absolute atomic E-state index is 0.00435. The molecule has 0 spiro atoms. The average molecular weight is 568 g/mol. The van der Waals surface area contributed by atoms with Gasteiger partial charge in [-0.3, -0.25) is 4.79 Å². The normalized spacial score (nSPS) is 17.4. The van der Waals surface area contributed by atoms with Gasteiger partial charge in [-0.25, -0.2) is 4.98 Å². The standard InChI is InChI=1S/C30H45N7O4/c1-24-20-28(34-30(32)33-24)36-13-5-8-27(23-36)37(22-25-6-4-7-26(21-25)35-11-2-3-12-35)29(38)9-14-39-16-18-41-19-17-40-15-10-31/h4,6-7,9,14,20-21,27H,2-3,5,8,10-13,15-19,22-23,31H2,1H3,(H2,32,33,34). The van der Waals surface area contributed by atoms with Crippen LogP contribution in [-0.4, -0.2) is 92.6 Å². The monoisotopic (exact) mass is 567 g/mol. The van der Waals surface area contributed by atoms with Crippen LogP contribution in [0.15, 0.2) is 42.7 Å². The molecule has 2 aliphatic heterocycles. The Bertz CT molecular complexity index is 1110. The molecule has 0 radical (unpaired) electrons. The zero-order chi connectivity index (χ0) is 28.9. The van der Waals surface area contributed by atoms with E-state index in [-0.39, 0.29) is 17.9 Å². The molecule has 2 aliphatic rings. The van der Waals surface area contributed by atoms with Gasteiger partial charge in [-0.15, -0.1) is 0 Å². The third-order valence-corrected chi connectivity index (χ3v) is 7.32. The first-order valence-corrected chi connectivity index (χ1v) is 14.7. The van der Waals surface area contributed by atoms with E-state index >= 15 is 0 Å². The summed E-state index contributed by atoms with van der Waals surface area (Å²) in [5, 5.41) is 0. The van der Waals surface area contributed by atoms with E-state index in [0.717, 1.165) is 49.6 Å². The second-order valence-electron chi connectivity index (χ2n) is 10.5. The fraction of sp³-hybridized carbons (Fsp3) is 0.567. The Hall–Kier alpha value is -3.41. The Labute approximate surface area is 243 Å². The molecule has 11 heteroatoms. The molecule has 224 valence electrons. The first-order chi connectivity index (χ1) is 20.0. The van der Waals surface area contributed by atoms with Gasteiger partial charge in [0.15, 0.2) is 0 Å². The van der Waals surface area contributed by atoms with E-state index in [4.69, 9.17) is 25.7 Å². The van der Waals surface area contributed by atoms with Crippen LogP contribution in [0.25, 0.3) is 0 Å². The number of nitrogens with zero attached hydrogens (tertiary/aromatic N) is 5. The third-order valence-electron chi connectivity index (χ3n) is 7.32. The van der Waals surface area contributed by atoms with Crippen LogP contribution in [0.4, 0.5) is 17.5 Å². The van der Waals surface area contributed by atoms with Gasteiger partial charge in [0, 0.05) is 68.8 Å². The summed E-state index contributed by atoms with van der Waals surface area (Å²) < 4.78 is 16.3. The summed E-state index contributed by atoms with van der Waals surface area (Å²) in [7, 11) is 0. The summed E-state index contributed by atoms with van der Waals surface area (Å²) in [4.78, 5) is 28.9. The van der Waals surface area contributed by atoms with Gasteiger partial charge in [-0.1, -0.05) is 12.1 Å². The topological polar surface area (TPSA) is 132 Å². The van der Waals surface area contributed by atoms with Crippen LogP contribution in [0.2, 0.25) is 0 Å². The summed E-state index contributed by atoms with van der Waals surface area (Å²) in [5.74, 6) is 0.981. The molecule has 11 nitrogen and oxygen atoms in total. The Morgan fingerprint density at radius 3 is 2.56 bits per heavy atom. The van der Waals surface area contributed by atoms with Gasteiger partial charge in [0.2, 0.25) is 11.9 Å². The van der Waals surface area contributed by atoms with Crippen LogP contribution < -0.4 is 21.3 Å². The summed E-state index contributed by atoms with van der Waals surface area (Å²) in [5.41, 5.74) is 14.5. The molecule has 1 aromatic heterocycles. The molecule has 41 heavy (non-hydrogen) atoms. The summed E-state index contributed by atoms with van der Waals surface area (Å²) in [6.07, 6.45) is 7.27. The second kappa shape index (κ2) is 16.1. The number of aryl methyl sites for hydroxylation is 1. The van der Waals surface area contributed by atoms with E-state index in [0.29, 0.717) is 52.7 Å². The van der Waals surface area contributed by atoms with Gasteiger partial charge in [0.25, 0.3) is 0 Å². The van der Waals surface area contributed by atoms with E-state index in [1.807, 2.05) is 17.9 Å². The number of hydrogen-bond acceptors (Lipinski definition) is 10. The van der Waals surface area contributed by atoms with Gasteiger partial charge < -0.3 is 40.4 Å². The highest BCUT2D eigenvalue weighted by atomic mass is 16.5. The number of ether oxygens (including phenoxy) is 3. The van der Waals surface area contributed by atoms with Crippen LogP contribution in [0.3, 0.4) is 0 Å². The smallest absolute Gasteiger partial charge is 0.250 e. The van der Waals surface area contributed by atoms with Gasteiger partial charge in [0.05, 0.1) is 32.7 Å². The highest BCUT2D eigenvalue weighted by Gasteiger charge is 2.29. The van der Waals surface area contributed by atoms with Crippen LogP contribution in [0.5, 0.6) is 0 Å². The number of hydrogen-bond donors (Lipinski definition) is 2. The fourth-order valence-electron chi connectivity index (χ4n) is 5.35. The van der Waals surface area contributed by atoms with Gasteiger partial charge in [-0.2, -0.15) is 4.98 Å². The Balaban J connectivity index is 1.41. The number of rotatable bonds is 15. The summed E-state index contributed by atoms with van der Waals surface area (Å²) in [6.45, 7) is 8.87. The zero-order valence-electron chi connectivity index (χ0n) is 24.2. The Morgan fingerprint density at radius 2 is 1.78 bits per heavy atom. The maximum Gasteiger partial charge on any atom is 0.250 e. The fourth-order valence-corrected chi connectivity index (χ4v) is 5.35. The van der Waals surface area contributed by atoms with Gasteiger partial charge in [-0.05, 0) is 50.3 Å². The van der Waals surface area contributed by atoms with E-state index in [1.54, 1.807) is 0 Å². The lowest BCUT2D eigenvalue weighted by Gasteiger charge is -2.39. The highest BCUT2D eigenvalue weighted by molar-refractivity contribution is 5.87.